The molecule has 1 aromatic carbocycles. The van der Waals surface area contributed by atoms with Crippen molar-refractivity contribution in [3.8, 4) is 0 Å². The van der Waals surface area contributed by atoms with Gasteiger partial charge in [-0.05, 0) is 31.5 Å². The third-order valence-corrected chi connectivity index (χ3v) is 4.70. The molecular weight excluding hydrogens is 314 g/mol. The van der Waals surface area contributed by atoms with Gasteiger partial charge in [0.25, 0.3) is 0 Å². The molecule has 1 atom stereocenters. The number of nitrogen functional groups attached to an aromatic ring is 1. The largest absolute Gasteiger partial charge is 0.398 e. The van der Waals surface area contributed by atoms with Crippen LogP contribution in [0.2, 0.25) is 5.02 Å². The maximum atomic E-state index is 12.1. The maximum absolute atomic E-state index is 12.1. The highest BCUT2D eigenvalue weighted by molar-refractivity contribution is 7.89. The van der Waals surface area contributed by atoms with E-state index in [1.54, 1.807) is 0 Å². The fourth-order valence-corrected chi connectivity index (χ4v) is 2.91. The Morgan fingerprint density at radius 2 is 2.10 bits per heavy atom. The molecule has 0 fully saturated rings. The van der Waals surface area contributed by atoms with Crippen LogP contribution in [0, 0.1) is 0 Å². The monoisotopic (exact) mass is 333 g/mol. The summed E-state index contributed by atoms with van der Waals surface area (Å²) in [6.45, 7) is 3.85. The van der Waals surface area contributed by atoms with Gasteiger partial charge in [0, 0.05) is 24.0 Å². The summed E-state index contributed by atoms with van der Waals surface area (Å²) in [5.41, 5.74) is 5.71. The third-order valence-electron chi connectivity index (χ3n) is 2.93. The molecule has 0 radical (unpaired) electrons. The lowest BCUT2D eigenvalue weighted by atomic mass is 10.2. The van der Waals surface area contributed by atoms with Gasteiger partial charge >= 0.3 is 0 Å². The first-order valence-electron chi connectivity index (χ1n) is 6.60. The zero-order valence-electron chi connectivity index (χ0n) is 12.0. The number of benzene rings is 1. The Morgan fingerprint density at radius 1 is 1.43 bits per heavy atom. The molecule has 21 heavy (non-hydrogen) atoms. The fraction of sp³-hybridized carbons (Fsp3) is 0.462. The molecule has 0 bridgehead atoms. The van der Waals surface area contributed by atoms with Crippen LogP contribution < -0.4 is 15.8 Å². The SMILES string of the molecule is CCC(C)NC(=O)CCNS(=O)(=O)c1ccc(Cl)cc1N. The van der Waals surface area contributed by atoms with Gasteiger partial charge in [0.15, 0.2) is 0 Å². The second kappa shape index (κ2) is 7.63. The van der Waals surface area contributed by atoms with E-state index in [4.69, 9.17) is 17.3 Å². The fourth-order valence-electron chi connectivity index (χ4n) is 1.59. The van der Waals surface area contributed by atoms with Crippen LogP contribution in [0.25, 0.3) is 0 Å². The van der Waals surface area contributed by atoms with Crippen molar-refractivity contribution in [1.82, 2.24) is 10.0 Å². The first-order valence-corrected chi connectivity index (χ1v) is 8.46. The Morgan fingerprint density at radius 3 is 2.67 bits per heavy atom. The summed E-state index contributed by atoms with van der Waals surface area (Å²) in [5.74, 6) is -0.198. The molecule has 0 aliphatic heterocycles. The summed E-state index contributed by atoms with van der Waals surface area (Å²) in [4.78, 5) is 11.5. The van der Waals surface area contributed by atoms with Crippen LogP contribution in [0.5, 0.6) is 0 Å². The van der Waals surface area contributed by atoms with Crippen molar-refractivity contribution in [1.29, 1.82) is 0 Å². The van der Waals surface area contributed by atoms with Crippen molar-refractivity contribution in [2.24, 2.45) is 0 Å². The van der Waals surface area contributed by atoms with Gasteiger partial charge in [-0.25, -0.2) is 13.1 Å². The Bertz CT molecular complexity index is 605. The third kappa shape index (κ3) is 5.53. The summed E-state index contributed by atoms with van der Waals surface area (Å²) in [5, 5.41) is 3.12. The number of carbonyl (C=O) groups excluding carboxylic acids is 1. The van der Waals surface area contributed by atoms with Crippen LogP contribution >= 0.6 is 11.6 Å². The highest BCUT2D eigenvalue weighted by Gasteiger charge is 2.17. The first-order chi connectivity index (χ1) is 9.76. The van der Waals surface area contributed by atoms with Crippen LogP contribution in [-0.4, -0.2) is 26.9 Å². The van der Waals surface area contributed by atoms with Gasteiger partial charge in [0.2, 0.25) is 15.9 Å². The van der Waals surface area contributed by atoms with Crippen molar-refractivity contribution < 1.29 is 13.2 Å². The van der Waals surface area contributed by atoms with Gasteiger partial charge in [-0.2, -0.15) is 0 Å². The molecule has 1 rings (SSSR count). The van der Waals surface area contributed by atoms with Crippen molar-refractivity contribution in [3.63, 3.8) is 0 Å². The van der Waals surface area contributed by atoms with E-state index in [1.807, 2.05) is 13.8 Å². The van der Waals surface area contributed by atoms with Gasteiger partial charge in [-0.3, -0.25) is 4.79 Å². The minimum absolute atomic E-state index is 0.00661. The molecule has 0 saturated carbocycles. The molecular formula is C13H20ClN3O3S. The molecule has 6 nitrogen and oxygen atoms in total. The summed E-state index contributed by atoms with van der Waals surface area (Å²) < 4.78 is 26.5. The van der Waals surface area contributed by atoms with E-state index in [0.29, 0.717) is 5.02 Å². The minimum atomic E-state index is -3.75. The number of carbonyl (C=O) groups is 1. The number of amides is 1. The van der Waals surface area contributed by atoms with Crippen molar-refractivity contribution >= 4 is 33.2 Å². The molecule has 0 aliphatic carbocycles. The zero-order valence-corrected chi connectivity index (χ0v) is 13.6. The van der Waals surface area contributed by atoms with E-state index in [2.05, 4.69) is 10.0 Å². The lowest BCUT2D eigenvalue weighted by Gasteiger charge is -2.12. The first kappa shape index (κ1) is 17.7. The number of rotatable bonds is 7. The molecule has 0 aliphatic rings. The lowest BCUT2D eigenvalue weighted by Crippen LogP contribution is -2.35. The number of hydrogen-bond acceptors (Lipinski definition) is 4. The van der Waals surface area contributed by atoms with Crippen LogP contribution in [0.3, 0.4) is 0 Å². The smallest absolute Gasteiger partial charge is 0.242 e. The molecule has 0 saturated heterocycles. The van der Waals surface area contributed by atoms with Gasteiger partial charge in [-0.15, -0.1) is 0 Å². The molecule has 0 heterocycles. The maximum Gasteiger partial charge on any atom is 0.242 e. The Hall–Kier alpha value is -1.31. The van der Waals surface area contributed by atoms with Gasteiger partial charge in [-0.1, -0.05) is 18.5 Å². The second-order valence-electron chi connectivity index (χ2n) is 4.71. The summed E-state index contributed by atoms with van der Waals surface area (Å²) in [6.07, 6.45) is 0.885. The average molecular weight is 334 g/mol. The lowest BCUT2D eigenvalue weighted by molar-refractivity contribution is -0.121. The topological polar surface area (TPSA) is 101 Å². The van der Waals surface area contributed by atoms with E-state index in [9.17, 15) is 13.2 Å². The predicted octanol–water partition coefficient (Wildman–Crippen LogP) is 1.51. The van der Waals surface area contributed by atoms with Crippen molar-refractivity contribution in [3.05, 3.63) is 23.2 Å². The molecule has 0 spiro atoms. The molecule has 118 valence electrons. The van der Waals surface area contributed by atoms with Gasteiger partial charge in [0.05, 0.1) is 5.69 Å². The van der Waals surface area contributed by atoms with Gasteiger partial charge < -0.3 is 11.1 Å². The van der Waals surface area contributed by atoms with E-state index < -0.39 is 10.0 Å². The minimum Gasteiger partial charge on any atom is -0.398 e. The van der Waals surface area contributed by atoms with Gasteiger partial charge in [0.1, 0.15) is 4.90 Å². The quantitative estimate of drug-likeness (QED) is 0.658. The summed E-state index contributed by atoms with van der Waals surface area (Å²) in [6, 6.07) is 4.22. The number of halogens is 1. The van der Waals surface area contributed by atoms with Crippen LogP contribution in [0.1, 0.15) is 26.7 Å². The Labute approximate surface area is 130 Å². The van der Waals surface area contributed by atoms with Crippen LogP contribution in [-0.2, 0) is 14.8 Å². The Kier molecular flexibility index (Phi) is 6.44. The summed E-state index contributed by atoms with van der Waals surface area (Å²) >= 11 is 5.73. The standard InChI is InChI=1S/C13H20ClN3O3S/c1-3-9(2)17-13(18)6-7-16-21(19,20)12-5-4-10(14)8-11(12)15/h4-5,8-9,16H,3,6-7,15H2,1-2H3,(H,17,18). The summed E-state index contributed by atoms with van der Waals surface area (Å²) in [7, 11) is -3.75. The highest BCUT2D eigenvalue weighted by atomic mass is 35.5. The zero-order chi connectivity index (χ0) is 16.0. The van der Waals surface area contributed by atoms with E-state index in [0.717, 1.165) is 6.42 Å². The molecule has 1 unspecified atom stereocenters. The van der Waals surface area contributed by atoms with Crippen molar-refractivity contribution in [2.45, 2.75) is 37.6 Å². The van der Waals surface area contributed by atoms with E-state index in [1.165, 1.54) is 18.2 Å². The molecule has 0 aromatic heterocycles. The van der Waals surface area contributed by atoms with E-state index in [-0.39, 0.29) is 35.5 Å². The van der Waals surface area contributed by atoms with Crippen LogP contribution in [0.4, 0.5) is 5.69 Å². The normalized spacial score (nSPS) is 12.9. The molecule has 8 heteroatoms. The average Bonchev–Trinajstić information content (AvgIpc) is 2.37. The number of hydrogen-bond donors (Lipinski definition) is 3. The van der Waals surface area contributed by atoms with E-state index >= 15 is 0 Å². The number of anilines is 1. The highest BCUT2D eigenvalue weighted by Crippen LogP contribution is 2.22. The number of nitrogens with one attached hydrogen (secondary N) is 2. The molecule has 4 N–H and O–H groups in total. The van der Waals surface area contributed by atoms with Crippen molar-refractivity contribution in [2.75, 3.05) is 12.3 Å². The predicted molar refractivity (Wildman–Crippen MR) is 83.6 cm³/mol. The number of sulfonamides is 1. The number of nitrogens with two attached hydrogens (primary N) is 1. The molecule has 1 aromatic rings. The van der Waals surface area contributed by atoms with Crippen LogP contribution in [0.15, 0.2) is 23.1 Å². The molecule has 1 amide bonds. The Balaban J connectivity index is 2.60. The second-order valence-corrected chi connectivity index (χ2v) is 6.88.